The number of nitrogens with two attached hydrogens (primary N) is 1. The van der Waals surface area contributed by atoms with Gasteiger partial charge in [-0.05, 0) is 31.7 Å². The number of carbonyl (C=O) groups is 1. The van der Waals surface area contributed by atoms with Gasteiger partial charge in [0.25, 0.3) is 0 Å². The summed E-state index contributed by atoms with van der Waals surface area (Å²) in [6.45, 7) is 2.47. The van der Waals surface area contributed by atoms with Crippen LogP contribution < -0.4 is 5.73 Å². The van der Waals surface area contributed by atoms with Crippen molar-refractivity contribution >= 4 is 17.5 Å². The van der Waals surface area contributed by atoms with E-state index in [-0.39, 0.29) is 11.9 Å². The average molecular weight is 227 g/mol. The van der Waals surface area contributed by atoms with Crippen LogP contribution in [-0.2, 0) is 11.3 Å². The third-order valence-corrected chi connectivity index (χ3v) is 2.67. The van der Waals surface area contributed by atoms with Crippen molar-refractivity contribution in [3.8, 4) is 0 Å². The van der Waals surface area contributed by atoms with Crippen molar-refractivity contribution in [3.63, 3.8) is 0 Å². The predicted octanol–water partition coefficient (Wildman–Crippen LogP) is 1.65. The van der Waals surface area contributed by atoms with E-state index in [1.54, 1.807) is 6.92 Å². The largest absolute Gasteiger partial charge is 0.368 e. The van der Waals surface area contributed by atoms with E-state index in [2.05, 4.69) is 0 Å². The molecule has 0 spiro atoms. The molecule has 0 aliphatic rings. The van der Waals surface area contributed by atoms with Gasteiger partial charge in [-0.25, -0.2) is 0 Å². The van der Waals surface area contributed by atoms with Gasteiger partial charge >= 0.3 is 0 Å². The summed E-state index contributed by atoms with van der Waals surface area (Å²) in [5.74, 6) is -0.313. The lowest BCUT2D eigenvalue weighted by Gasteiger charge is -2.21. The van der Waals surface area contributed by atoms with Gasteiger partial charge in [-0.2, -0.15) is 0 Å². The molecular formula is C11H15ClN2O. The molecule has 82 valence electrons. The second-order valence-electron chi connectivity index (χ2n) is 3.62. The van der Waals surface area contributed by atoms with Crippen molar-refractivity contribution in [2.45, 2.75) is 19.5 Å². The normalized spacial score (nSPS) is 12.8. The van der Waals surface area contributed by atoms with Gasteiger partial charge in [0.15, 0.2) is 0 Å². The van der Waals surface area contributed by atoms with Gasteiger partial charge in [-0.3, -0.25) is 9.69 Å². The summed E-state index contributed by atoms with van der Waals surface area (Å²) in [7, 11) is 1.87. The highest BCUT2D eigenvalue weighted by atomic mass is 35.5. The van der Waals surface area contributed by atoms with Gasteiger partial charge in [-0.1, -0.05) is 23.7 Å². The van der Waals surface area contributed by atoms with E-state index >= 15 is 0 Å². The summed E-state index contributed by atoms with van der Waals surface area (Å²) in [6, 6.07) is 7.28. The number of amides is 1. The van der Waals surface area contributed by atoms with Crippen LogP contribution >= 0.6 is 11.6 Å². The number of hydrogen-bond acceptors (Lipinski definition) is 2. The Hall–Kier alpha value is -1.06. The molecule has 1 aromatic rings. The first kappa shape index (κ1) is 12.0. The molecule has 15 heavy (non-hydrogen) atoms. The number of nitrogens with zero attached hydrogens (tertiary/aromatic N) is 1. The molecule has 1 aromatic carbocycles. The van der Waals surface area contributed by atoms with Crippen LogP contribution in [0.2, 0.25) is 5.02 Å². The molecule has 1 atom stereocenters. The molecule has 0 radical (unpaired) electrons. The van der Waals surface area contributed by atoms with Gasteiger partial charge in [0.05, 0.1) is 6.04 Å². The van der Waals surface area contributed by atoms with Crippen molar-refractivity contribution in [2.75, 3.05) is 7.05 Å². The zero-order valence-corrected chi connectivity index (χ0v) is 9.66. The van der Waals surface area contributed by atoms with Gasteiger partial charge in [0.1, 0.15) is 0 Å². The van der Waals surface area contributed by atoms with E-state index < -0.39 is 0 Å². The maximum Gasteiger partial charge on any atom is 0.234 e. The number of rotatable bonds is 4. The zero-order chi connectivity index (χ0) is 11.4. The molecule has 0 aromatic heterocycles. The molecule has 0 aliphatic carbocycles. The van der Waals surface area contributed by atoms with E-state index in [1.807, 2.05) is 36.2 Å². The van der Waals surface area contributed by atoms with Gasteiger partial charge in [-0.15, -0.1) is 0 Å². The van der Waals surface area contributed by atoms with Crippen molar-refractivity contribution in [1.82, 2.24) is 4.90 Å². The summed E-state index contributed by atoms with van der Waals surface area (Å²) in [4.78, 5) is 12.8. The topological polar surface area (TPSA) is 46.3 Å². The summed E-state index contributed by atoms with van der Waals surface area (Å²) < 4.78 is 0. The first-order chi connectivity index (χ1) is 7.00. The van der Waals surface area contributed by atoms with Crippen LogP contribution in [0.5, 0.6) is 0 Å². The SMILES string of the molecule is CC(C(N)=O)N(C)Cc1ccc(Cl)cc1. The Kier molecular flexibility index (Phi) is 4.12. The van der Waals surface area contributed by atoms with Crippen LogP contribution in [0.4, 0.5) is 0 Å². The van der Waals surface area contributed by atoms with Gasteiger partial charge < -0.3 is 5.73 Å². The van der Waals surface area contributed by atoms with Crippen molar-refractivity contribution in [1.29, 1.82) is 0 Å². The first-order valence-corrected chi connectivity index (χ1v) is 5.12. The number of likely N-dealkylation sites (N-methyl/N-ethyl adjacent to an activating group) is 1. The van der Waals surface area contributed by atoms with Crippen LogP contribution in [0.1, 0.15) is 12.5 Å². The minimum absolute atomic E-state index is 0.263. The molecule has 0 bridgehead atoms. The fourth-order valence-corrected chi connectivity index (χ4v) is 1.36. The number of primary amides is 1. The maximum atomic E-state index is 10.9. The Morgan fingerprint density at radius 1 is 1.47 bits per heavy atom. The zero-order valence-electron chi connectivity index (χ0n) is 8.90. The Balaban J connectivity index is 2.62. The highest BCUT2D eigenvalue weighted by Crippen LogP contribution is 2.11. The van der Waals surface area contributed by atoms with Crippen LogP contribution in [0, 0.1) is 0 Å². The molecule has 1 unspecified atom stereocenters. The molecular weight excluding hydrogens is 212 g/mol. The number of halogens is 1. The Morgan fingerprint density at radius 2 is 2.00 bits per heavy atom. The molecule has 0 saturated heterocycles. The summed E-state index contributed by atoms with van der Waals surface area (Å²) in [5, 5.41) is 0.712. The fourth-order valence-electron chi connectivity index (χ4n) is 1.23. The fraction of sp³-hybridized carbons (Fsp3) is 0.364. The van der Waals surface area contributed by atoms with Crippen molar-refractivity contribution < 1.29 is 4.79 Å². The smallest absolute Gasteiger partial charge is 0.234 e. The molecule has 0 fully saturated rings. The highest BCUT2D eigenvalue weighted by molar-refractivity contribution is 6.30. The molecule has 1 rings (SSSR count). The lowest BCUT2D eigenvalue weighted by molar-refractivity contribution is -0.122. The maximum absolute atomic E-state index is 10.9. The Labute approximate surface area is 94.8 Å². The molecule has 2 N–H and O–H groups in total. The van der Waals surface area contributed by atoms with Crippen LogP contribution in [0.25, 0.3) is 0 Å². The second kappa shape index (κ2) is 5.14. The van der Waals surface area contributed by atoms with Gasteiger partial charge in [0, 0.05) is 11.6 Å². The summed E-state index contributed by atoms with van der Waals surface area (Å²) in [6.07, 6.45) is 0. The minimum Gasteiger partial charge on any atom is -0.368 e. The highest BCUT2D eigenvalue weighted by Gasteiger charge is 2.14. The van der Waals surface area contributed by atoms with Crippen molar-refractivity contribution in [2.24, 2.45) is 5.73 Å². The van der Waals surface area contributed by atoms with Crippen LogP contribution in [-0.4, -0.2) is 23.9 Å². The molecule has 1 amide bonds. The van der Waals surface area contributed by atoms with Gasteiger partial charge in [0.2, 0.25) is 5.91 Å². The van der Waals surface area contributed by atoms with E-state index in [1.165, 1.54) is 0 Å². The van der Waals surface area contributed by atoms with E-state index in [9.17, 15) is 4.79 Å². The van der Waals surface area contributed by atoms with Crippen molar-refractivity contribution in [3.05, 3.63) is 34.9 Å². The third-order valence-electron chi connectivity index (χ3n) is 2.42. The monoisotopic (exact) mass is 226 g/mol. The lowest BCUT2D eigenvalue weighted by atomic mass is 10.2. The Morgan fingerprint density at radius 3 is 2.47 bits per heavy atom. The molecule has 0 saturated carbocycles. The quantitative estimate of drug-likeness (QED) is 0.849. The summed E-state index contributed by atoms with van der Waals surface area (Å²) in [5.41, 5.74) is 6.32. The van der Waals surface area contributed by atoms with E-state index in [4.69, 9.17) is 17.3 Å². The number of benzene rings is 1. The summed E-state index contributed by atoms with van der Waals surface area (Å²) >= 11 is 5.77. The third kappa shape index (κ3) is 3.53. The molecule has 3 nitrogen and oxygen atoms in total. The predicted molar refractivity (Wildman–Crippen MR) is 61.6 cm³/mol. The standard InChI is InChI=1S/C11H15ClN2O/c1-8(11(13)15)14(2)7-9-3-5-10(12)6-4-9/h3-6,8H,7H2,1-2H3,(H2,13,15). The van der Waals surface area contributed by atoms with E-state index in [0.717, 1.165) is 5.56 Å². The molecule has 0 aliphatic heterocycles. The van der Waals surface area contributed by atoms with Crippen LogP contribution in [0.15, 0.2) is 24.3 Å². The Bertz CT molecular complexity index is 337. The minimum atomic E-state index is -0.313. The average Bonchev–Trinajstić information content (AvgIpc) is 2.20. The number of carbonyl (C=O) groups excluding carboxylic acids is 1. The second-order valence-corrected chi connectivity index (χ2v) is 4.06. The number of hydrogen-bond donors (Lipinski definition) is 1. The first-order valence-electron chi connectivity index (χ1n) is 4.74. The van der Waals surface area contributed by atoms with Crippen LogP contribution in [0.3, 0.4) is 0 Å². The van der Waals surface area contributed by atoms with E-state index in [0.29, 0.717) is 11.6 Å². The molecule has 4 heteroatoms. The lowest BCUT2D eigenvalue weighted by Crippen LogP contribution is -2.39. The molecule has 0 heterocycles.